The van der Waals surface area contributed by atoms with Crippen molar-refractivity contribution in [3.63, 3.8) is 0 Å². The molecule has 0 aliphatic carbocycles. The van der Waals surface area contributed by atoms with Crippen LogP contribution in [0.4, 0.5) is 0 Å². The van der Waals surface area contributed by atoms with Crippen LogP contribution in [0, 0.1) is 0 Å². The first-order chi connectivity index (χ1) is 13.9. The zero-order valence-electron chi connectivity index (χ0n) is 17.2. The maximum atomic E-state index is 13.6. The van der Waals surface area contributed by atoms with Gasteiger partial charge in [0.05, 0.1) is 0 Å². The minimum absolute atomic E-state index is 0.196. The lowest BCUT2D eigenvalue weighted by atomic mass is 10.0. The van der Waals surface area contributed by atoms with Crippen LogP contribution in [0.5, 0.6) is 17.2 Å². The fourth-order valence-corrected chi connectivity index (χ4v) is 4.15. The van der Waals surface area contributed by atoms with E-state index >= 15 is 0 Å². The van der Waals surface area contributed by atoms with Crippen molar-refractivity contribution < 1.29 is 18.1 Å². The summed E-state index contributed by atoms with van der Waals surface area (Å²) in [7, 11) is -3.99. The Labute approximate surface area is 173 Å². The van der Waals surface area contributed by atoms with Gasteiger partial charge in [-0.15, -0.1) is 0 Å². The fraction of sp³-hybridized carbons (Fsp3) is 0.250. The molecule has 3 aromatic rings. The highest BCUT2D eigenvalue weighted by Crippen LogP contribution is 2.51. The molecule has 3 rings (SSSR count). The number of rotatable bonds is 8. The molecule has 0 radical (unpaired) electrons. The van der Waals surface area contributed by atoms with E-state index in [1.54, 1.807) is 42.5 Å². The topological polar surface area (TPSA) is 44.8 Å². The van der Waals surface area contributed by atoms with Crippen LogP contribution < -0.4 is 13.6 Å². The number of hydrogen-bond acceptors (Lipinski definition) is 4. The van der Waals surface area contributed by atoms with Gasteiger partial charge in [-0.25, -0.2) is 0 Å². The first kappa shape index (κ1) is 21.0. The lowest BCUT2D eigenvalue weighted by Crippen LogP contribution is -2.09. The van der Waals surface area contributed by atoms with Crippen LogP contribution in [-0.2, 0) is 4.57 Å². The Morgan fingerprint density at radius 1 is 0.621 bits per heavy atom. The van der Waals surface area contributed by atoms with Gasteiger partial charge in [0.2, 0.25) is 0 Å². The second kappa shape index (κ2) is 9.19. The molecule has 0 aliphatic heterocycles. The van der Waals surface area contributed by atoms with E-state index in [4.69, 9.17) is 13.6 Å². The van der Waals surface area contributed by atoms with Crippen LogP contribution in [0.1, 0.15) is 50.7 Å². The number of para-hydroxylation sites is 2. The summed E-state index contributed by atoms with van der Waals surface area (Å²) >= 11 is 0. The van der Waals surface area contributed by atoms with E-state index in [1.807, 2.05) is 36.4 Å². The Morgan fingerprint density at radius 2 is 1.17 bits per heavy atom. The lowest BCUT2D eigenvalue weighted by Gasteiger charge is -2.21. The summed E-state index contributed by atoms with van der Waals surface area (Å²) in [5, 5.41) is 0. The predicted molar refractivity (Wildman–Crippen MR) is 117 cm³/mol. The molecule has 0 saturated carbocycles. The molecule has 0 saturated heterocycles. The van der Waals surface area contributed by atoms with Crippen molar-refractivity contribution in [3.8, 4) is 17.2 Å². The number of benzene rings is 3. The Morgan fingerprint density at radius 3 is 1.76 bits per heavy atom. The molecule has 0 heterocycles. The molecule has 0 aliphatic rings. The Balaban J connectivity index is 1.92. The number of phosphoric acid groups is 1. The highest BCUT2D eigenvalue weighted by Gasteiger charge is 2.34. The Hall–Kier alpha value is -2.71. The molecule has 152 valence electrons. The molecule has 0 amide bonds. The summed E-state index contributed by atoms with van der Waals surface area (Å²) < 4.78 is 31.1. The molecule has 29 heavy (non-hydrogen) atoms. The SMILES string of the molecule is CC(C)c1ccc(OP(=O)(Oc2ccccc2)Oc2ccccc2C(C)C)cc1. The van der Waals surface area contributed by atoms with Crippen molar-refractivity contribution in [2.45, 2.75) is 39.5 Å². The first-order valence-corrected chi connectivity index (χ1v) is 11.2. The van der Waals surface area contributed by atoms with E-state index in [-0.39, 0.29) is 5.92 Å². The quantitative estimate of drug-likeness (QED) is 0.359. The van der Waals surface area contributed by atoms with Gasteiger partial charge in [-0.2, -0.15) is 4.57 Å². The highest BCUT2D eigenvalue weighted by atomic mass is 31.2. The van der Waals surface area contributed by atoms with Crippen molar-refractivity contribution in [2.24, 2.45) is 0 Å². The zero-order valence-corrected chi connectivity index (χ0v) is 18.1. The van der Waals surface area contributed by atoms with Gasteiger partial charge in [0.15, 0.2) is 0 Å². The van der Waals surface area contributed by atoms with Crippen molar-refractivity contribution in [1.82, 2.24) is 0 Å². The van der Waals surface area contributed by atoms with Crippen molar-refractivity contribution in [1.29, 1.82) is 0 Å². The minimum atomic E-state index is -3.99. The third-order valence-electron chi connectivity index (χ3n) is 4.48. The summed E-state index contributed by atoms with van der Waals surface area (Å²) in [6.45, 7) is 8.34. The van der Waals surface area contributed by atoms with Gasteiger partial charge in [-0.05, 0) is 53.3 Å². The van der Waals surface area contributed by atoms with Crippen molar-refractivity contribution in [2.75, 3.05) is 0 Å². The van der Waals surface area contributed by atoms with Crippen LogP contribution in [0.2, 0.25) is 0 Å². The molecule has 0 aromatic heterocycles. The molecule has 0 fully saturated rings. The van der Waals surface area contributed by atoms with Gasteiger partial charge < -0.3 is 13.6 Å². The first-order valence-electron chi connectivity index (χ1n) is 9.79. The van der Waals surface area contributed by atoms with Crippen LogP contribution in [0.15, 0.2) is 78.9 Å². The standard InChI is InChI=1S/C24H27O4P/c1-18(2)20-14-16-22(17-15-20)27-29(25,26-21-10-6-5-7-11-21)28-24-13-9-8-12-23(24)19(3)4/h5-19H,1-4H3. The summed E-state index contributed by atoms with van der Waals surface area (Å²) in [5.41, 5.74) is 2.10. The summed E-state index contributed by atoms with van der Waals surface area (Å²) in [4.78, 5) is 0. The van der Waals surface area contributed by atoms with Gasteiger partial charge in [-0.3, -0.25) is 0 Å². The molecule has 0 N–H and O–H groups in total. The maximum Gasteiger partial charge on any atom is 0.647 e. The molecule has 1 unspecified atom stereocenters. The van der Waals surface area contributed by atoms with Gasteiger partial charge >= 0.3 is 7.82 Å². The second-order valence-electron chi connectivity index (χ2n) is 7.45. The molecule has 1 atom stereocenters. The van der Waals surface area contributed by atoms with Crippen molar-refractivity contribution >= 4 is 7.82 Å². The largest absolute Gasteiger partial charge is 0.647 e. The van der Waals surface area contributed by atoms with E-state index in [1.165, 1.54) is 5.56 Å². The number of phosphoric ester groups is 1. The van der Waals surface area contributed by atoms with E-state index < -0.39 is 7.82 Å². The summed E-state index contributed by atoms with van der Waals surface area (Å²) in [6, 6.07) is 23.9. The van der Waals surface area contributed by atoms with E-state index in [9.17, 15) is 4.57 Å². The second-order valence-corrected chi connectivity index (χ2v) is 8.89. The third-order valence-corrected chi connectivity index (χ3v) is 5.76. The average molecular weight is 410 g/mol. The average Bonchev–Trinajstić information content (AvgIpc) is 2.69. The smallest absolute Gasteiger partial charge is 0.386 e. The lowest BCUT2D eigenvalue weighted by molar-refractivity contribution is 0.297. The third kappa shape index (κ3) is 5.65. The Kier molecular flexibility index (Phi) is 6.66. The molecule has 0 bridgehead atoms. The highest BCUT2D eigenvalue weighted by molar-refractivity contribution is 7.49. The van der Waals surface area contributed by atoms with Crippen LogP contribution in [0.25, 0.3) is 0 Å². The van der Waals surface area contributed by atoms with E-state index in [2.05, 4.69) is 27.7 Å². The normalized spacial score (nSPS) is 13.2. The predicted octanol–water partition coefficient (Wildman–Crippen LogP) is 7.58. The molecule has 3 aromatic carbocycles. The van der Waals surface area contributed by atoms with E-state index in [0.29, 0.717) is 23.2 Å². The molecular weight excluding hydrogens is 383 g/mol. The van der Waals surface area contributed by atoms with Crippen molar-refractivity contribution in [3.05, 3.63) is 90.0 Å². The van der Waals surface area contributed by atoms with Gasteiger partial charge in [0.1, 0.15) is 17.2 Å². The minimum Gasteiger partial charge on any atom is -0.386 e. The summed E-state index contributed by atoms with van der Waals surface area (Å²) in [6.07, 6.45) is 0. The van der Waals surface area contributed by atoms with Crippen LogP contribution in [0.3, 0.4) is 0 Å². The van der Waals surface area contributed by atoms with Gasteiger partial charge in [0, 0.05) is 0 Å². The molecule has 4 nitrogen and oxygen atoms in total. The molecule has 0 spiro atoms. The zero-order chi connectivity index (χ0) is 20.9. The summed E-state index contributed by atoms with van der Waals surface area (Å²) in [5.74, 6) is 1.92. The van der Waals surface area contributed by atoms with Crippen LogP contribution in [-0.4, -0.2) is 0 Å². The monoisotopic (exact) mass is 410 g/mol. The number of hydrogen-bond donors (Lipinski definition) is 0. The molecular formula is C24H27O4P. The van der Waals surface area contributed by atoms with Crippen LogP contribution >= 0.6 is 7.82 Å². The van der Waals surface area contributed by atoms with Gasteiger partial charge in [0.25, 0.3) is 0 Å². The molecule has 5 heteroatoms. The maximum absolute atomic E-state index is 13.6. The van der Waals surface area contributed by atoms with Gasteiger partial charge in [-0.1, -0.05) is 76.2 Å². The Bertz CT molecular complexity index is 966. The van der Waals surface area contributed by atoms with E-state index in [0.717, 1.165) is 5.56 Å². The fourth-order valence-electron chi connectivity index (χ4n) is 2.87.